The molecule has 32 heavy (non-hydrogen) atoms. The van der Waals surface area contributed by atoms with Crippen molar-refractivity contribution < 1.29 is 24.0 Å². The smallest absolute Gasteiger partial charge is 0.325 e. The number of carboxylic acids is 1. The highest BCUT2D eigenvalue weighted by Gasteiger charge is 2.28. The highest BCUT2D eigenvalue weighted by molar-refractivity contribution is 6.01. The summed E-state index contributed by atoms with van der Waals surface area (Å²) in [6.07, 6.45) is 0.716. The SMILES string of the molecule is CC[C@H](CC(=O)O)c1ccc(N2CCOC[C@@H]2C(C)C)c(NC(=O)Nc2cc(C)on2)c1. The van der Waals surface area contributed by atoms with E-state index in [0.717, 1.165) is 11.3 Å². The number of hydrogen-bond donors (Lipinski definition) is 3. The van der Waals surface area contributed by atoms with Crippen LogP contribution >= 0.6 is 0 Å². The van der Waals surface area contributed by atoms with Crippen LogP contribution in [-0.2, 0) is 9.53 Å². The predicted molar refractivity (Wildman–Crippen MR) is 122 cm³/mol. The minimum absolute atomic E-state index is 0.0336. The van der Waals surface area contributed by atoms with E-state index in [2.05, 4.69) is 34.5 Å². The Morgan fingerprint density at radius 3 is 2.69 bits per heavy atom. The number of morpholine rings is 1. The maximum absolute atomic E-state index is 12.7. The average molecular weight is 445 g/mol. The van der Waals surface area contributed by atoms with Crippen LogP contribution in [0.15, 0.2) is 28.8 Å². The number of aromatic nitrogens is 1. The van der Waals surface area contributed by atoms with E-state index in [-0.39, 0.29) is 18.4 Å². The molecule has 1 aromatic heterocycles. The van der Waals surface area contributed by atoms with E-state index in [1.165, 1.54) is 0 Å². The molecule has 0 spiro atoms. The van der Waals surface area contributed by atoms with Crippen molar-refractivity contribution >= 4 is 29.2 Å². The number of carbonyl (C=O) groups is 2. The fourth-order valence-electron chi connectivity index (χ4n) is 4.04. The Morgan fingerprint density at radius 2 is 2.06 bits per heavy atom. The fourth-order valence-corrected chi connectivity index (χ4v) is 4.04. The van der Waals surface area contributed by atoms with Gasteiger partial charge in [0.25, 0.3) is 0 Å². The second kappa shape index (κ2) is 10.5. The maximum atomic E-state index is 12.7. The molecular weight excluding hydrogens is 412 g/mol. The highest BCUT2D eigenvalue weighted by atomic mass is 16.5. The number of nitrogens with zero attached hydrogens (tertiary/aromatic N) is 2. The van der Waals surface area contributed by atoms with Gasteiger partial charge in [-0.2, -0.15) is 0 Å². The lowest BCUT2D eigenvalue weighted by atomic mass is 9.92. The summed E-state index contributed by atoms with van der Waals surface area (Å²) in [7, 11) is 0. The minimum Gasteiger partial charge on any atom is -0.481 e. The molecule has 1 aliphatic heterocycles. The quantitative estimate of drug-likeness (QED) is 0.550. The number of benzene rings is 1. The fraction of sp³-hybridized carbons (Fsp3) is 0.522. The summed E-state index contributed by atoms with van der Waals surface area (Å²) in [6, 6.07) is 7.16. The van der Waals surface area contributed by atoms with Crippen LogP contribution < -0.4 is 15.5 Å². The summed E-state index contributed by atoms with van der Waals surface area (Å²) >= 11 is 0. The largest absolute Gasteiger partial charge is 0.481 e. The van der Waals surface area contributed by atoms with Crippen LogP contribution in [0.5, 0.6) is 0 Å². The van der Waals surface area contributed by atoms with E-state index >= 15 is 0 Å². The molecule has 2 atom stereocenters. The molecule has 0 unspecified atom stereocenters. The molecule has 0 saturated carbocycles. The van der Waals surface area contributed by atoms with Gasteiger partial charge in [-0.05, 0) is 42.9 Å². The van der Waals surface area contributed by atoms with E-state index < -0.39 is 12.0 Å². The first-order valence-corrected chi connectivity index (χ1v) is 11.0. The predicted octanol–water partition coefficient (Wildman–Crippen LogP) is 4.46. The lowest BCUT2D eigenvalue weighted by Crippen LogP contribution is -2.48. The van der Waals surface area contributed by atoms with Crippen molar-refractivity contribution in [2.24, 2.45) is 5.92 Å². The zero-order valence-electron chi connectivity index (χ0n) is 19.1. The van der Waals surface area contributed by atoms with Gasteiger partial charge in [0.1, 0.15) is 5.76 Å². The number of aryl methyl sites for hydroxylation is 1. The van der Waals surface area contributed by atoms with Crippen LogP contribution in [0.1, 0.15) is 50.9 Å². The number of anilines is 3. The van der Waals surface area contributed by atoms with E-state index in [1.807, 2.05) is 25.1 Å². The summed E-state index contributed by atoms with van der Waals surface area (Å²) in [5.74, 6) is 0.277. The number of carboxylic acid groups (broad SMARTS) is 1. The van der Waals surface area contributed by atoms with Crippen LogP contribution in [0.25, 0.3) is 0 Å². The molecule has 0 bridgehead atoms. The lowest BCUT2D eigenvalue weighted by Gasteiger charge is -2.40. The lowest BCUT2D eigenvalue weighted by molar-refractivity contribution is -0.137. The van der Waals surface area contributed by atoms with Crippen LogP contribution in [0.2, 0.25) is 0 Å². The van der Waals surface area contributed by atoms with Crippen LogP contribution in [-0.4, -0.2) is 48.1 Å². The molecule has 2 amide bonds. The molecule has 1 aliphatic rings. The van der Waals surface area contributed by atoms with Crippen LogP contribution in [0.4, 0.5) is 22.0 Å². The Hall–Kier alpha value is -3.07. The molecule has 1 fully saturated rings. The third-order valence-electron chi connectivity index (χ3n) is 5.77. The van der Waals surface area contributed by atoms with Crippen molar-refractivity contribution in [1.82, 2.24) is 5.16 Å². The molecule has 9 heteroatoms. The number of aliphatic carboxylic acids is 1. The Balaban J connectivity index is 1.93. The number of amides is 2. The van der Waals surface area contributed by atoms with Crippen molar-refractivity contribution in [3.05, 3.63) is 35.6 Å². The Morgan fingerprint density at radius 1 is 1.28 bits per heavy atom. The second-order valence-corrected chi connectivity index (χ2v) is 8.46. The van der Waals surface area contributed by atoms with Gasteiger partial charge in [0.15, 0.2) is 5.82 Å². The van der Waals surface area contributed by atoms with Crippen molar-refractivity contribution in [2.45, 2.75) is 52.5 Å². The van der Waals surface area contributed by atoms with Gasteiger partial charge in [0, 0.05) is 12.6 Å². The standard InChI is InChI=1S/C23H32N4O5/c1-5-16(12-22(28)29)17-6-7-19(27-8-9-31-13-20(27)14(2)3)18(11-17)24-23(30)25-21-10-15(4)32-26-21/h6-7,10-11,14,16,20H,5,8-9,12-13H2,1-4H3,(H,28,29)(H2,24,25,26,30)/t16-,20-/m1/s1. The van der Waals surface area contributed by atoms with Gasteiger partial charge in [-0.3, -0.25) is 10.1 Å². The number of ether oxygens (including phenoxy) is 1. The highest BCUT2D eigenvalue weighted by Crippen LogP contribution is 2.35. The molecule has 0 radical (unpaired) electrons. The topological polar surface area (TPSA) is 117 Å². The van der Waals surface area contributed by atoms with Crippen molar-refractivity contribution in [3.8, 4) is 0 Å². The second-order valence-electron chi connectivity index (χ2n) is 8.46. The minimum atomic E-state index is -0.845. The van der Waals surface area contributed by atoms with Gasteiger partial charge in [0.05, 0.1) is 37.1 Å². The monoisotopic (exact) mass is 444 g/mol. The molecule has 9 nitrogen and oxygen atoms in total. The number of carbonyl (C=O) groups excluding carboxylic acids is 1. The van der Waals surface area contributed by atoms with Gasteiger partial charge >= 0.3 is 12.0 Å². The summed E-state index contributed by atoms with van der Waals surface area (Å²) in [6.45, 7) is 9.92. The Labute approximate surface area is 188 Å². The van der Waals surface area contributed by atoms with E-state index in [9.17, 15) is 14.7 Å². The van der Waals surface area contributed by atoms with Crippen molar-refractivity contribution in [3.63, 3.8) is 0 Å². The molecule has 3 rings (SSSR count). The normalized spacial score (nSPS) is 17.3. The Bertz CT molecular complexity index is 942. The Kier molecular flexibility index (Phi) is 7.74. The molecule has 2 aromatic rings. The summed E-state index contributed by atoms with van der Waals surface area (Å²) in [4.78, 5) is 26.3. The summed E-state index contributed by atoms with van der Waals surface area (Å²) in [5.41, 5.74) is 2.38. The number of rotatable bonds is 8. The van der Waals surface area contributed by atoms with Crippen molar-refractivity contribution in [2.75, 3.05) is 35.3 Å². The van der Waals surface area contributed by atoms with Gasteiger partial charge in [0.2, 0.25) is 0 Å². The molecule has 2 heterocycles. The molecule has 3 N–H and O–H groups in total. The molecule has 1 saturated heterocycles. The van der Waals surface area contributed by atoms with Gasteiger partial charge in [-0.15, -0.1) is 0 Å². The zero-order chi connectivity index (χ0) is 23.3. The number of hydrogen-bond acceptors (Lipinski definition) is 6. The van der Waals surface area contributed by atoms with E-state index in [1.54, 1.807) is 13.0 Å². The number of urea groups is 1. The van der Waals surface area contributed by atoms with E-state index in [4.69, 9.17) is 9.26 Å². The zero-order valence-corrected chi connectivity index (χ0v) is 19.1. The molecule has 174 valence electrons. The third kappa shape index (κ3) is 5.79. The molecular formula is C23H32N4O5. The average Bonchev–Trinajstić information content (AvgIpc) is 3.16. The van der Waals surface area contributed by atoms with Gasteiger partial charge in [-0.25, -0.2) is 4.79 Å². The van der Waals surface area contributed by atoms with Gasteiger partial charge < -0.3 is 24.6 Å². The first-order chi connectivity index (χ1) is 15.3. The molecule has 0 aliphatic carbocycles. The van der Waals surface area contributed by atoms with Crippen LogP contribution in [0.3, 0.4) is 0 Å². The molecule has 1 aromatic carbocycles. The maximum Gasteiger partial charge on any atom is 0.325 e. The third-order valence-corrected chi connectivity index (χ3v) is 5.77. The van der Waals surface area contributed by atoms with Crippen LogP contribution in [0, 0.1) is 12.8 Å². The first-order valence-electron chi connectivity index (χ1n) is 11.0. The van der Waals surface area contributed by atoms with Crippen molar-refractivity contribution in [1.29, 1.82) is 0 Å². The first kappa shape index (κ1) is 23.6. The summed E-state index contributed by atoms with van der Waals surface area (Å²) < 4.78 is 10.7. The van der Waals surface area contributed by atoms with E-state index in [0.29, 0.717) is 49.4 Å². The number of nitrogens with one attached hydrogen (secondary N) is 2. The van der Waals surface area contributed by atoms with Gasteiger partial charge in [-0.1, -0.05) is 32.0 Å². The summed E-state index contributed by atoms with van der Waals surface area (Å²) in [5, 5.41) is 18.7.